The summed E-state index contributed by atoms with van der Waals surface area (Å²) in [7, 11) is 0. The number of aliphatic imine (C=N–C) groups is 1. The Kier molecular flexibility index (Phi) is 2.71. The summed E-state index contributed by atoms with van der Waals surface area (Å²) in [5.41, 5.74) is 3.74. The van der Waals surface area contributed by atoms with E-state index in [1.165, 1.54) is 0 Å². The number of rotatable bonds is 2. The van der Waals surface area contributed by atoms with Gasteiger partial charge in [-0.2, -0.15) is 5.10 Å². The van der Waals surface area contributed by atoms with E-state index in [9.17, 15) is 0 Å². The van der Waals surface area contributed by atoms with Gasteiger partial charge >= 0.3 is 0 Å². The Labute approximate surface area is 113 Å². The second-order valence-electron chi connectivity index (χ2n) is 4.79. The molecular formula is C15H18N4. The van der Waals surface area contributed by atoms with Crippen LogP contribution >= 0.6 is 0 Å². The van der Waals surface area contributed by atoms with Gasteiger partial charge in [0.1, 0.15) is 0 Å². The first-order valence-corrected chi connectivity index (χ1v) is 6.32. The number of allylic oxidation sites excluding steroid dienone is 4. The average molecular weight is 254 g/mol. The van der Waals surface area contributed by atoms with E-state index in [2.05, 4.69) is 28.5 Å². The highest BCUT2D eigenvalue weighted by Crippen LogP contribution is 2.28. The van der Waals surface area contributed by atoms with Crippen LogP contribution in [0.2, 0.25) is 0 Å². The third-order valence-corrected chi connectivity index (χ3v) is 3.36. The van der Waals surface area contributed by atoms with Gasteiger partial charge < -0.3 is 5.32 Å². The van der Waals surface area contributed by atoms with Crippen LogP contribution in [0.4, 0.5) is 0 Å². The number of fused-ring (bicyclic) bond motifs is 1. The van der Waals surface area contributed by atoms with Crippen LogP contribution in [0.15, 0.2) is 53.5 Å². The molecule has 1 unspecified atom stereocenters. The van der Waals surface area contributed by atoms with Crippen molar-refractivity contribution in [3.8, 4) is 0 Å². The molecule has 0 fully saturated rings. The standard InChI is InChI=1S/C15H16N4.H2/c1-3-5-13-11(10-17-19-13)12-7-8-15(2)14(18-12)6-4-9-16-15;/h3-10,16H,1-2H3,(H,17,19);1H/b5-3+;. The monoisotopic (exact) mass is 254 g/mol. The molecular weight excluding hydrogens is 236 g/mol. The first kappa shape index (κ1) is 11.7. The van der Waals surface area contributed by atoms with Crippen molar-refractivity contribution in [2.75, 3.05) is 0 Å². The quantitative estimate of drug-likeness (QED) is 0.852. The molecule has 19 heavy (non-hydrogen) atoms. The lowest BCUT2D eigenvalue weighted by Gasteiger charge is -2.32. The molecule has 4 nitrogen and oxygen atoms in total. The summed E-state index contributed by atoms with van der Waals surface area (Å²) < 4.78 is 0. The lowest BCUT2D eigenvalue weighted by Crippen LogP contribution is -2.41. The van der Waals surface area contributed by atoms with Crippen LogP contribution < -0.4 is 5.32 Å². The van der Waals surface area contributed by atoms with Crippen LogP contribution in [0.3, 0.4) is 0 Å². The van der Waals surface area contributed by atoms with Gasteiger partial charge in [-0.25, -0.2) is 4.99 Å². The molecule has 0 bridgehead atoms. The van der Waals surface area contributed by atoms with Crippen LogP contribution in [-0.2, 0) is 0 Å². The third-order valence-electron chi connectivity index (χ3n) is 3.36. The zero-order valence-electron chi connectivity index (χ0n) is 11.0. The zero-order chi connectivity index (χ0) is 13.3. The molecule has 1 aromatic heterocycles. The Bertz CT molecular complexity index is 649. The maximum atomic E-state index is 4.74. The second kappa shape index (κ2) is 4.39. The van der Waals surface area contributed by atoms with Crippen molar-refractivity contribution in [1.29, 1.82) is 0 Å². The van der Waals surface area contributed by atoms with E-state index >= 15 is 0 Å². The Morgan fingerprint density at radius 1 is 1.42 bits per heavy atom. The SMILES string of the molecule is C/C=C/c1[nH]ncc1C1=NC2=CC=CNC2(C)C=C1.[HH]. The van der Waals surface area contributed by atoms with E-state index < -0.39 is 0 Å². The van der Waals surface area contributed by atoms with Crippen LogP contribution in [0.25, 0.3) is 6.08 Å². The smallest absolute Gasteiger partial charge is 0.0952 e. The largest absolute Gasteiger partial charge is 0.377 e. The van der Waals surface area contributed by atoms with Crippen molar-refractivity contribution in [3.63, 3.8) is 0 Å². The average Bonchev–Trinajstić information content (AvgIpc) is 2.86. The number of aromatic nitrogens is 2. The molecule has 1 atom stereocenters. The van der Waals surface area contributed by atoms with E-state index in [1.54, 1.807) is 0 Å². The van der Waals surface area contributed by atoms with Crippen molar-refractivity contribution < 1.29 is 1.43 Å². The Hall–Kier alpha value is -2.36. The predicted octanol–water partition coefficient (Wildman–Crippen LogP) is 2.81. The highest BCUT2D eigenvalue weighted by atomic mass is 15.1. The molecule has 0 saturated heterocycles. The van der Waals surface area contributed by atoms with Crippen molar-refractivity contribution in [1.82, 2.24) is 15.5 Å². The molecule has 2 N–H and O–H groups in total. The normalized spacial score (nSPS) is 24.9. The summed E-state index contributed by atoms with van der Waals surface area (Å²) in [6.07, 6.45) is 15.9. The number of H-pyrrole nitrogens is 1. The Morgan fingerprint density at radius 3 is 3.16 bits per heavy atom. The van der Waals surface area contributed by atoms with Crippen molar-refractivity contribution >= 4 is 11.8 Å². The summed E-state index contributed by atoms with van der Waals surface area (Å²) in [5, 5.41) is 10.4. The lowest BCUT2D eigenvalue weighted by molar-refractivity contribution is 0.566. The molecule has 3 heterocycles. The fourth-order valence-corrected chi connectivity index (χ4v) is 2.25. The fourth-order valence-electron chi connectivity index (χ4n) is 2.25. The molecule has 98 valence electrons. The number of nitrogens with one attached hydrogen (secondary N) is 2. The minimum atomic E-state index is -0.206. The van der Waals surface area contributed by atoms with Gasteiger partial charge in [0.15, 0.2) is 0 Å². The van der Waals surface area contributed by atoms with Crippen LogP contribution in [0.5, 0.6) is 0 Å². The van der Waals surface area contributed by atoms with E-state index in [-0.39, 0.29) is 6.97 Å². The predicted molar refractivity (Wildman–Crippen MR) is 79.9 cm³/mol. The number of dihydropyridines is 2. The number of nitrogens with zero attached hydrogens (tertiary/aromatic N) is 2. The number of hydrogen-bond donors (Lipinski definition) is 2. The third kappa shape index (κ3) is 1.95. The van der Waals surface area contributed by atoms with Crippen LogP contribution in [-0.4, -0.2) is 21.4 Å². The molecule has 0 saturated carbocycles. The molecule has 4 heteroatoms. The van der Waals surface area contributed by atoms with E-state index in [4.69, 9.17) is 4.99 Å². The van der Waals surface area contributed by atoms with Crippen molar-refractivity contribution in [2.45, 2.75) is 19.4 Å². The summed E-state index contributed by atoms with van der Waals surface area (Å²) in [6.45, 7) is 4.10. The maximum Gasteiger partial charge on any atom is 0.0952 e. The van der Waals surface area contributed by atoms with Gasteiger partial charge in [0.25, 0.3) is 0 Å². The van der Waals surface area contributed by atoms with Gasteiger partial charge in [-0.15, -0.1) is 0 Å². The first-order chi connectivity index (χ1) is 9.23. The highest BCUT2D eigenvalue weighted by molar-refractivity contribution is 6.11. The second-order valence-corrected chi connectivity index (χ2v) is 4.79. The molecule has 1 aromatic rings. The maximum absolute atomic E-state index is 4.74. The summed E-state index contributed by atoms with van der Waals surface area (Å²) in [5.74, 6) is 0. The van der Waals surface area contributed by atoms with Gasteiger partial charge in [-0.1, -0.05) is 12.2 Å². The van der Waals surface area contributed by atoms with Crippen LogP contribution in [0, 0.1) is 0 Å². The topological polar surface area (TPSA) is 53.1 Å². The minimum absolute atomic E-state index is 0. The Balaban J connectivity index is 0.00000147. The molecule has 3 rings (SSSR count). The summed E-state index contributed by atoms with van der Waals surface area (Å²) in [4.78, 5) is 4.74. The minimum Gasteiger partial charge on any atom is -0.377 e. The molecule has 0 amide bonds. The first-order valence-electron chi connectivity index (χ1n) is 6.32. The van der Waals surface area contributed by atoms with E-state index in [0.717, 1.165) is 22.7 Å². The molecule has 0 aliphatic carbocycles. The van der Waals surface area contributed by atoms with E-state index in [1.807, 2.05) is 49.7 Å². The highest BCUT2D eigenvalue weighted by Gasteiger charge is 2.29. The summed E-state index contributed by atoms with van der Waals surface area (Å²) >= 11 is 0. The molecule has 0 radical (unpaired) electrons. The van der Waals surface area contributed by atoms with Gasteiger partial charge in [-0.3, -0.25) is 5.10 Å². The summed E-state index contributed by atoms with van der Waals surface area (Å²) in [6, 6.07) is 0. The van der Waals surface area contributed by atoms with Crippen molar-refractivity contribution in [2.24, 2.45) is 4.99 Å². The number of hydrogen-bond acceptors (Lipinski definition) is 3. The molecule has 0 aromatic carbocycles. The van der Waals surface area contributed by atoms with Crippen molar-refractivity contribution in [3.05, 3.63) is 59.7 Å². The molecule has 0 spiro atoms. The molecule has 2 aliphatic rings. The van der Waals surface area contributed by atoms with Gasteiger partial charge in [0.05, 0.1) is 28.8 Å². The molecule has 2 aliphatic heterocycles. The van der Waals surface area contributed by atoms with E-state index in [0.29, 0.717) is 0 Å². The van der Waals surface area contributed by atoms with Gasteiger partial charge in [0.2, 0.25) is 0 Å². The fraction of sp³-hybridized carbons (Fsp3) is 0.200. The zero-order valence-corrected chi connectivity index (χ0v) is 11.0. The lowest BCUT2D eigenvalue weighted by atomic mass is 9.91. The van der Waals surface area contributed by atoms with Gasteiger partial charge in [0, 0.05) is 6.99 Å². The van der Waals surface area contributed by atoms with Crippen LogP contribution in [0.1, 0.15) is 26.5 Å². The Morgan fingerprint density at radius 2 is 2.32 bits per heavy atom. The number of aromatic amines is 1. The van der Waals surface area contributed by atoms with Gasteiger partial charge in [-0.05, 0) is 44.4 Å².